The molecule has 3 rings (SSSR count). The lowest BCUT2D eigenvalue weighted by Gasteiger charge is -2.07. The van der Waals surface area contributed by atoms with E-state index >= 15 is 0 Å². The Labute approximate surface area is 165 Å². The van der Waals surface area contributed by atoms with Gasteiger partial charge in [0, 0.05) is 6.54 Å². The summed E-state index contributed by atoms with van der Waals surface area (Å²) in [7, 11) is 1.33. The van der Waals surface area contributed by atoms with Gasteiger partial charge in [0.05, 0.1) is 24.7 Å². The number of aromatic nitrogens is 3. The molecule has 0 aliphatic carbocycles. The van der Waals surface area contributed by atoms with Crippen LogP contribution in [0.2, 0.25) is 0 Å². The standard InChI is InChI=1S/C19H19N3O5S/c1-3-22-17(15-5-4-10-26-15)20-21-19(22)28-12-16(23)27-11-13-6-8-14(9-7-13)18(24)25-2/h4-10H,3,11-12H2,1-2H3. The number of hydrogen-bond donors (Lipinski definition) is 0. The monoisotopic (exact) mass is 401 g/mol. The van der Waals surface area contributed by atoms with Crippen molar-refractivity contribution in [1.82, 2.24) is 14.8 Å². The molecular weight excluding hydrogens is 382 g/mol. The minimum absolute atomic E-state index is 0.108. The van der Waals surface area contributed by atoms with Crippen LogP contribution >= 0.6 is 11.8 Å². The fourth-order valence-corrected chi connectivity index (χ4v) is 3.25. The zero-order chi connectivity index (χ0) is 19.9. The normalized spacial score (nSPS) is 10.6. The average Bonchev–Trinajstić information content (AvgIpc) is 3.39. The topological polar surface area (TPSA) is 96.5 Å². The smallest absolute Gasteiger partial charge is 0.337 e. The highest BCUT2D eigenvalue weighted by Gasteiger charge is 2.16. The number of ether oxygens (including phenoxy) is 2. The number of nitrogens with zero attached hydrogens (tertiary/aromatic N) is 3. The Morgan fingerprint density at radius 2 is 1.96 bits per heavy atom. The molecule has 0 spiro atoms. The Bertz CT molecular complexity index is 935. The molecule has 2 aromatic heterocycles. The molecule has 0 bridgehead atoms. The number of thioether (sulfide) groups is 1. The van der Waals surface area contributed by atoms with E-state index in [2.05, 4.69) is 14.9 Å². The van der Waals surface area contributed by atoms with Crippen LogP contribution in [0.15, 0.2) is 52.2 Å². The highest BCUT2D eigenvalue weighted by atomic mass is 32.2. The zero-order valence-electron chi connectivity index (χ0n) is 15.5. The van der Waals surface area contributed by atoms with Gasteiger partial charge in [0.2, 0.25) is 0 Å². The van der Waals surface area contributed by atoms with Crippen molar-refractivity contribution < 1.29 is 23.5 Å². The van der Waals surface area contributed by atoms with E-state index in [4.69, 9.17) is 9.15 Å². The van der Waals surface area contributed by atoms with Gasteiger partial charge in [0.1, 0.15) is 6.61 Å². The number of esters is 2. The number of methoxy groups -OCH3 is 1. The molecule has 8 nitrogen and oxygen atoms in total. The van der Waals surface area contributed by atoms with Crippen molar-refractivity contribution in [2.45, 2.75) is 25.2 Å². The van der Waals surface area contributed by atoms with Crippen LogP contribution in [-0.2, 0) is 27.4 Å². The van der Waals surface area contributed by atoms with E-state index in [1.807, 2.05) is 17.6 Å². The minimum atomic E-state index is -0.408. The van der Waals surface area contributed by atoms with Crippen molar-refractivity contribution in [3.8, 4) is 11.6 Å². The molecule has 0 atom stereocenters. The summed E-state index contributed by atoms with van der Waals surface area (Å²) in [5.41, 5.74) is 1.22. The van der Waals surface area contributed by atoms with Gasteiger partial charge in [-0.25, -0.2) is 4.79 Å². The van der Waals surface area contributed by atoms with Crippen LogP contribution in [-0.4, -0.2) is 39.6 Å². The van der Waals surface area contributed by atoms with Gasteiger partial charge in [-0.2, -0.15) is 0 Å². The maximum Gasteiger partial charge on any atom is 0.337 e. The van der Waals surface area contributed by atoms with Crippen LogP contribution in [0.4, 0.5) is 0 Å². The summed E-state index contributed by atoms with van der Waals surface area (Å²) in [5.74, 6) is 0.575. The third-order valence-electron chi connectivity index (χ3n) is 3.87. The lowest BCUT2D eigenvalue weighted by atomic mass is 10.1. The summed E-state index contributed by atoms with van der Waals surface area (Å²) in [5, 5.41) is 8.89. The molecule has 0 fully saturated rings. The first kappa shape index (κ1) is 19.7. The molecule has 9 heteroatoms. The van der Waals surface area contributed by atoms with Crippen LogP contribution in [0.1, 0.15) is 22.8 Å². The molecule has 0 unspecified atom stereocenters. The van der Waals surface area contributed by atoms with Gasteiger partial charge in [-0.05, 0) is 36.8 Å². The molecule has 0 aliphatic heterocycles. The molecule has 1 aromatic carbocycles. The molecule has 0 saturated heterocycles. The molecule has 28 heavy (non-hydrogen) atoms. The van der Waals surface area contributed by atoms with Gasteiger partial charge in [-0.1, -0.05) is 23.9 Å². The first-order valence-corrected chi connectivity index (χ1v) is 9.53. The highest BCUT2D eigenvalue weighted by Crippen LogP contribution is 2.24. The van der Waals surface area contributed by atoms with Crippen molar-refractivity contribution in [3.63, 3.8) is 0 Å². The van der Waals surface area contributed by atoms with Gasteiger partial charge < -0.3 is 13.9 Å². The van der Waals surface area contributed by atoms with Crippen LogP contribution in [0, 0.1) is 0 Å². The van der Waals surface area contributed by atoms with E-state index in [-0.39, 0.29) is 18.3 Å². The van der Waals surface area contributed by atoms with Crippen molar-refractivity contribution in [2.24, 2.45) is 0 Å². The molecule has 0 N–H and O–H groups in total. The molecule has 2 heterocycles. The van der Waals surface area contributed by atoms with Crippen molar-refractivity contribution >= 4 is 23.7 Å². The van der Waals surface area contributed by atoms with E-state index in [0.29, 0.717) is 28.8 Å². The van der Waals surface area contributed by atoms with Gasteiger partial charge in [0.15, 0.2) is 16.7 Å². The second-order valence-corrected chi connectivity index (χ2v) is 6.61. The number of carbonyl (C=O) groups excluding carboxylic acids is 2. The molecule has 0 radical (unpaired) electrons. The Kier molecular flexibility index (Phi) is 6.49. The highest BCUT2D eigenvalue weighted by molar-refractivity contribution is 7.99. The summed E-state index contributed by atoms with van der Waals surface area (Å²) in [6.07, 6.45) is 1.58. The average molecular weight is 401 g/mol. The fourth-order valence-electron chi connectivity index (χ4n) is 2.45. The number of benzene rings is 1. The van der Waals surface area contributed by atoms with E-state index in [0.717, 1.165) is 5.56 Å². The quantitative estimate of drug-likeness (QED) is 0.419. The third-order valence-corrected chi connectivity index (χ3v) is 4.81. The third kappa shape index (κ3) is 4.61. The number of rotatable bonds is 8. The van der Waals surface area contributed by atoms with Crippen LogP contribution < -0.4 is 0 Å². The summed E-state index contributed by atoms with van der Waals surface area (Å²) >= 11 is 1.25. The van der Waals surface area contributed by atoms with E-state index in [1.165, 1.54) is 18.9 Å². The molecule has 3 aromatic rings. The Hall–Kier alpha value is -3.07. The fraction of sp³-hybridized carbons (Fsp3) is 0.263. The number of hydrogen-bond acceptors (Lipinski definition) is 8. The summed E-state index contributed by atoms with van der Waals surface area (Å²) in [6, 6.07) is 10.3. The lowest BCUT2D eigenvalue weighted by molar-refractivity contribution is -0.141. The van der Waals surface area contributed by atoms with Crippen LogP contribution in [0.3, 0.4) is 0 Å². The largest absolute Gasteiger partial charge is 0.465 e. The van der Waals surface area contributed by atoms with Gasteiger partial charge in [0.25, 0.3) is 0 Å². The van der Waals surface area contributed by atoms with Crippen molar-refractivity contribution in [1.29, 1.82) is 0 Å². The lowest BCUT2D eigenvalue weighted by Crippen LogP contribution is -2.09. The first-order valence-electron chi connectivity index (χ1n) is 8.55. The zero-order valence-corrected chi connectivity index (χ0v) is 16.3. The van der Waals surface area contributed by atoms with E-state index < -0.39 is 5.97 Å². The Balaban J connectivity index is 1.53. The molecular formula is C19H19N3O5S. The van der Waals surface area contributed by atoms with Gasteiger partial charge >= 0.3 is 11.9 Å². The second kappa shape index (κ2) is 9.23. The SMILES string of the molecule is CCn1c(SCC(=O)OCc2ccc(C(=O)OC)cc2)nnc1-c1ccco1. The summed E-state index contributed by atoms with van der Waals surface area (Å²) in [6.45, 7) is 2.74. The predicted octanol–water partition coefficient (Wildman–Crippen LogP) is 3.18. The maximum atomic E-state index is 12.1. The molecule has 0 aliphatic rings. The molecule has 0 amide bonds. The minimum Gasteiger partial charge on any atom is -0.465 e. The second-order valence-electron chi connectivity index (χ2n) is 5.67. The first-order chi connectivity index (χ1) is 13.6. The van der Waals surface area contributed by atoms with Crippen molar-refractivity contribution in [2.75, 3.05) is 12.9 Å². The summed E-state index contributed by atoms with van der Waals surface area (Å²) in [4.78, 5) is 23.5. The Morgan fingerprint density at radius 1 is 1.18 bits per heavy atom. The van der Waals surface area contributed by atoms with E-state index in [1.54, 1.807) is 36.6 Å². The Morgan fingerprint density at radius 3 is 2.61 bits per heavy atom. The summed E-state index contributed by atoms with van der Waals surface area (Å²) < 4.78 is 17.2. The predicted molar refractivity (Wildman–Crippen MR) is 102 cm³/mol. The van der Waals surface area contributed by atoms with Crippen LogP contribution in [0.25, 0.3) is 11.6 Å². The van der Waals surface area contributed by atoms with Gasteiger partial charge in [-0.3, -0.25) is 9.36 Å². The number of carbonyl (C=O) groups is 2. The number of furan rings is 1. The van der Waals surface area contributed by atoms with Crippen LogP contribution in [0.5, 0.6) is 0 Å². The van der Waals surface area contributed by atoms with E-state index in [9.17, 15) is 9.59 Å². The molecule has 0 saturated carbocycles. The molecule has 146 valence electrons. The van der Waals surface area contributed by atoms with Crippen molar-refractivity contribution in [3.05, 3.63) is 53.8 Å². The maximum absolute atomic E-state index is 12.1. The van der Waals surface area contributed by atoms with Gasteiger partial charge in [-0.15, -0.1) is 10.2 Å².